The Kier molecular flexibility index (Phi) is 3.74. The molecule has 0 bridgehead atoms. The van der Waals surface area contributed by atoms with Crippen molar-refractivity contribution in [1.82, 2.24) is 0 Å². The molecule has 4 nitrogen and oxygen atoms in total. The Morgan fingerprint density at radius 1 is 1.57 bits per heavy atom. The largest absolute Gasteiger partial charge is 0.504 e. The Labute approximate surface area is 91.0 Å². The van der Waals surface area contributed by atoms with Crippen LogP contribution in [-0.4, -0.2) is 18.8 Å². The van der Waals surface area contributed by atoms with Crippen LogP contribution in [0.2, 0.25) is 0 Å². The maximum absolute atomic E-state index is 9.78. The number of nitrogens with two attached hydrogens (primary N) is 2. The summed E-state index contributed by atoms with van der Waals surface area (Å²) < 4.78 is 5.70. The van der Waals surface area contributed by atoms with Crippen molar-refractivity contribution in [2.75, 3.05) is 13.7 Å². The number of ether oxygens (including phenoxy) is 1. The molecule has 0 radical (unpaired) electrons. The van der Waals surface area contributed by atoms with Crippen molar-refractivity contribution in [2.24, 2.45) is 11.5 Å². The number of phenolic OH excluding ortho intramolecular Hbond substituents is 1. The minimum Gasteiger partial charge on any atom is -0.504 e. The molecule has 0 saturated carbocycles. The number of hydrogen-bond acceptors (Lipinski definition) is 4. The van der Waals surface area contributed by atoms with E-state index >= 15 is 0 Å². The van der Waals surface area contributed by atoms with Crippen LogP contribution in [0.4, 0.5) is 0 Å². The minimum absolute atomic E-state index is 0.0415. The van der Waals surface area contributed by atoms with Crippen LogP contribution in [0.15, 0.2) is 16.6 Å². The highest BCUT2D eigenvalue weighted by Gasteiger charge is 2.16. The molecule has 5 N–H and O–H groups in total. The lowest BCUT2D eigenvalue weighted by Crippen LogP contribution is -2.21. The summed E-state index contributed by atoms with van der Waals surface area (Å²) in [5.41, 5.74) is 11.8. The predicted octanol–water partition coefficient (Wildman–Crippen LogP) is 1.12. The molecule has 1 aromatic carbocycles. The van der Waals surface area contributed by atoms with Gasteiger partial charge in [0.2, 0.25) is 0 Å². The lowest BCUT2D eigenvalue weighted by atomic mass is 10.1. The van der Waals surface area contributed by atoms with E-state index in [4.69, 9.17) is 16.2 Å². The van der Waals surface area contributed by atoms with Gasteiger partial charge in [0, 0.05) is 22.6 Å². The molecule has 78 valence electrons. The molecule has 0 aliphatic carbocycles. The highest BCUT2D eigenvalue weighted by molar-refractivity contribution is 9.10. The number of rotatable bonds is 3. The van der Waals surface area contributed by atoms with Crippen molar-refractivity contribution in [3.05, 3.63) is 22.2 Å². The molecule has 14 heavy (non-hydrogen) atoms. The molecule has 5 heteroatoms. The Morgan fingerprint density at radius 3 is 2.71 bits per heavy atom. The smallest absolute Gasteiger partial charge is 0.163 e. The highest BCUT2D eigenvalue weighted by Crippen LogP contribution is 2.37. The number of aromatic hydroxyl groups is 1. The zero-order valence-electron chi connectivity index (χ0n) is 7.83. The SMILES string of the molecule is COc1ccc(Br)c(C(N)CN)c1O. The molecule has 0 fully saturated rings. The average Bonchev–Trinajstić information content (AvgIpc) is 2.18. The standard InChI is InChI=1S/C9H13BrN2O2/c1-14-7-3-2-5(10)8(9(7)13)6(12)4-11/h2-3,6,13H,4,11-12H2,1H3. The van der Waals surface area contributed by atoms with Crippen molar-refractivity contribution >= 4 is 15.9 Å². The van der Waals surface area contributed by atoms with Crippen molar-refractivity contribution in [1.29, 1.82) is 0 Å². The normalized spacial score (nSPS) is 12.6. The number of phenols is 1. The van der Waals surface area contributed by atoms with Gasteiger partial charge in [0.15, 0.2) is 11.5 Å². The van der Waals surface area contributed by atoms with E-state index in [1.807, 2.05) is 0 Å². The molecule has 0 aliphatic heterocycles. The van der Waals surface area contributed by atoms with Crippen LogP contribution in [0.5, 0.6) is 11.5 Å². The highest BCUT2D eigenvalue weighted by atomic mass is 79.9. The van der Waals surface area contributed by atoms with Gasteiger partial charge in [-0.1, -0.05) is 15.9 Å². The molecule has 1 rings (SSSR count). The molecule has 0 saturated heterocycles. The van der Waals surface area contributed by atoms with Crippen molar-refractivity contribution < 1.29 is 9.84 Å². The monoisotopic (exact) mass is 260 g/mol. The second-order valence-corrected chi connectivity index (χ2v) is 3.71. The summed E-state index contributed by atoms with van der Waals surface area (Å²) >= 11 is 3.30. The molecule has 1 atom stereocenters. The fourth-order valence-corrected chi connectivity index (χ4v) is 1.81. The lowest BCUT2D eigenvalue weighted by molar-refractivity contribution is 0.368. The van der Waals surface area contributed by atoms with E-state index in [-0.39, 0.29) is 12.3 Å². The number of halogens is 1. The topological polar surface area (TPSA) is 81.5 Å². The first-order chi connectivity index (χ1) is 6.61. The number of benzene rings is 1. The van der Waals surface area contributed by atoms with E-state index in [0.29, 0.717) is 11.3 Å². The quantitative estimate of drug-likeness (QED) is 0.761. The summed E-state index contributed by atoms with van der Waals surface area (Å²) in [5.74, 6) is 0.437. The Bertz CT molecular complexity index is 331. The average molecular weight is 261 g/mol. The molecular weight excluding hydrogens is 248 g/mol. The summed E-state index contributed by atoms with van der Waals surface area (Å²) in [7, 11) is 1.49. The van der Waals surface area contributed by atoms with Crippen molar-refractivity contribution in [3.63, 3.8) is 0 Å². The van der Waals surface area contributed by atoms with E-state index < -0.39 is 6.04 Å². The number of hydrogen-bond donors (Lipinski definition) is 3. The van der Waals surface area contributed by atoms with Crippen LogP contribution in [-0.2, 0) is 0 Å². The number of methoxy groups -OCH3 is 1. The van der Waals surface area contributed by atoms with Gasteiger partial charge in [-0.15, -0.1) is 0 Å². The summed E-state index contributed by atoms with van der Waals surface area (Å²) in [4.78, 5) is 0. The van der Waals surface area contributed by atoms with Gasteiger partial charge in [-0.05, 0) is 12.1 Å². The van der Waals surface area contributed by atoms with Gasteiger partial charge in [-0.3, -0.25) is 0 Å². The third-order valence-electron chi connectivity index (χ3n) is 1.97. The van der Waals surface area contributed by atoms with E-state index in [1.165, 1.54) is 7.11 Å². The van der Waals surface area contributed by atoms with Gasteiger partial charge in [0.1, 0.15) is 0 Å². The maximum Gasteiger partial charge on any atom is 0.163 e. The zero-order chi connectivity index (χ0) is 10.7. The summed E-state index contributed by atoms with van der Waals surface area (Å²) in [6.45, 7) is 0.263. The third-order valence-corrected chi connectivity index (χ3v) is 2.66. The molecule has 0 spiro atoms. The summed E-state index contributed by atoms with van der Waals surface area (Å²) in [6, 6.07) is 3.02. The van der Waals surface area contributed by atoms with Crippen LogP contribution in [0.25, 0.3) is 0 Å². The van der Waals surface area contributed by atoms with Gasteiger partial charge in [-0.25, -0.2) is 0 Å². The van der Waals surface area contributed by atoms with Crippen molar-refractivity contribution in [3.8, 4) is 11.5 Å². The molecule has 1 aromatic rings. The van der Waals surface area contributed by atoms with Gasteiger partial charge < -0.3 is 21.3 Å². The zero-order valence-corrected chi connectivity index (χ0v) is 9.41. The van der Waals surface area contributed by atoms with Gasteiger partial charge in [-0.2, -0.15) is 0 Å². The second kappa shape index (κ2) is 4.63. The molecule has 0 heterocycles. The first kappa shape index (κ1) is 11.3. The fraction of sp³-hybridized carbons (Fsp3) is 0.333. The van der Waals surface area contributed by atoms with Gasteiger partial charge in [0.05, 0.1) is 7.11 Å². The predicted molar refractivity (Wildman–Crippen MR) is 58.3 cm³/mol. The first-order valence-corrected chi connectivity index (χ1v) is 4.92. The van der Waals surface area contributed by atoms with Crippen LogP contribution in [0, 0.1) is 0 Å². The third kappa shape index (κ3) is 2.00. The van der Waals surface area contributed by atoms with E-state index in [9.17, 15) is 5.11 Å². The van der Waals surface area contributed by atoms with Gasteiger partial charge >= 0.3 is 0 Å². The molecular formula is C9H13BrN2O2. The van der Waals surface area contributed by atoms with E-state index in [0.717, 1.165) is 4.47 Å². The summed E-state index contributed by atoms with van der Waals surface area (Å²) in [6.07, 6.45) is 0. The van der Waals surface area contributed by atoms with Gasteiger partial charge in [0.25, 0.3) is 0 Å². The van der Waals surface area contributed by atoms with E-state index in [1.54, 1.807) is 12.1 Å². The fourth-order valence-electron chi connectivity index (χ4n) is 1.20. The molecule has 0 aromatic heterocycles. The molecule has 0 amide bonds. The minimum atomic E-state index is -0.403. The first-order valence-electron chi connectivity index (χ1n) is 4.12. The van der Waals surface area contributed by atoms with Crippen LogP contribution in [0.1, 0.15) is 11.6 Å². The van der Waals surface area contributed by atoms with Crippen LogP contribution >= 0.6 is 15.9 Å². The molecule has 0 aliphatic rings. The molecule has 1 unspecified atom stereocenters. The second-order valence-electron chi connectivity index (χ2n) is 2.85. The Morgan fingerprint density at radius 2 is 2.21 bits per heavy atom. The summed E-state index contributed by atoms with van der Waals surface area (Å²) in [5, 5.41) is 9.78. The van der Waals surface area contributed by atoms with Crippen LogP contribution < -0.4 is 16.2 Å². The Hall–Kier alpha value is -0.780. The van der Waals surface area contributed by atoms with Crippen molar-refractivity contribution in [2.45, 2.75) is 6.04 Å². The van der Waals surface area contributed by atoms with E-state index in [2.05, 4.69) is 15.9 Å². The Balaban J connectivity index is 3.25. The van der Waals surface area contributed by atoms with Crippen LogP contribution in [0.3, 0.4) is 0 Å². The maximum atomic E-state index is 9.78. The lowest BCUT2D eigenvalue weighted by Gasteiger charge is -2.15.